The minimum absolute atomic E-state index is 0.0270. The molecule has 1 heterocycles. The molecule has 0 spiro atoms. The van der Waals surface area contributed by atoms with Gasteiger partial charge in [0.2, 0.25) is 11.8 Å². The lowest BCUT2D eigenvalue weighted by atomic mass is 10.1. The highest BCUT2D eigenvalue weighted by Crippen LogP contribution is 2.11. The van der Waals surface area contributed by atoms with Gasteiger partial charge in [-0.15, -0.1) is 0 Å². The molecule has 0 aromatic heterocycles. The molecule has 18 heavy (non-hydrogen) atoms. The predicted molar refractivity (Wildman–Crippen MR) is 71.2 cm³/mol. The Morgan fingerprint density at radius 3 is 2.78 bits per heavy atom. The van der Waals surface area contributed by atoms with Crippen molar-refractivity contribution in [3.8, 4) is 0 Å². The number of carbonyl (C=O) groups is 2. The molecule has 0 unspecified atom stereocenters. The Hall–Kier alpha value is -1.10. The molecule has 2 amide bonds. The van der Waals surface area contributed by atoms with Crippen molar-refractivity contribution >= 4 is 11.8 Å². The van der Waals surface area contributed by atoms with E-state index in [-0.39, 0.29) is 18.4 Å². The summed E-state index contributed by atoms with van der Waals surface area (Å²) in [7, 11) is 3.65. The Labute approximate surface area is 110 Å². The Bertz CT molecular complexity index is 281. The zero-order chi connectivity index (χ0) is 13.4. The molecule has 104 valence electrons. The summed E-state index contributed by atoms with van der Waals surface area (Å²) in [5, 5.41) is 3.01. The van der Waals surface area contributed by atoms with Crippen molar-refractivity contribution in [2.24, 2.45) is 0 Å². The fraction of sp³-hybridized carbons (Fsp3) is 0.846. The summed E-state index contributed by atoms with van der Waals surface area (Å²) in [5.74, 6) is 0.157. The minimum atomic E-state index is 0.0270. The average molecular weight is 255 g/mol. The number of likely N-dealkylation sites (tertiary alicyclic amines) is 1. The van der Waals surface area contributed by atoms with Crippen molar-refractivity contribution in [1.82, 2.24) is 15.1 Å². The number of nitrogens with one attached hydrogen (secondary N) is 1. The van der Waals surface area contributed by atoms with Crippen LogP contribution in [0.25, 0.3) is 0 Å². The topological polar surface area (TPSA) is 52.7 Å². The van der Waals surface area contributed by atoms with E-state index in [0.29, 0.717) is 13.0 Å². The standard InChI is InChI=1S/C13H25N3O2/c1-14-8-10-15(2)13(18)11-16-9-6-4-3-5-7-12(16)17/h14H,3-11H2,1-2H3. The van der Waals surface area contributed by atoms with E-state index in [1.54, 1.807) is 16.8 Å². The summed E-state index contributed by atoms with van der Waals surface area (Å²) in [6, 6.07) is 0. The molecule has 0 aromatic carbocycles. The summed E-state index contributed by atoms with van der Waals surface area (Å²) in [6.45, 7) is 2.41. The van der Waals surface area contributed by atoms with E-state index in [9.17, 15) is 9.59 Å². The monoisotopic (exact) mass is 255 g/mol. The smallest absolute Gasteiger partial charge is 0.241 e. The van der Waals surface area contributed by atoms with Crippen molar-refractivity contribution in [2.75, 3.05) is 40.3 Å². The summed E-state index contributed by atoms with van der Waals surface area (Å²) >= 11 is 0. The second kappa shape index (κ2) is 8.08. The lowest BCUT2D eigenvalue weighted by Crippen LogP contribution is -2.43. The van der Waals surface area contributed by atoms with Gasteiger partial charge in [-0.05, 0) is 19.9 Å². The molecule has 5 heteroatoms. The van der Waals surface area contributed by atoms with E-state index in [0.717, 1.165) is 38.8 Å². The van der Waals surface area contributed by atoms with Crippen molar-refractivity contribution in [1.29, 1.82) is 0 Å². The maximum absolute atomic E-state index is 12.0. The summed E-state index contributed by atoms with van der Waals surface area (Å²) in [5.41, 5.74) is 0. The van der Waals surface area contributed by atoms with Crippen LogP contribution in [0, 0.1) is 0 Å². The van der Waals surface area contributed by atoms with Crippen LogP contribution in [0.1, 0.15) is 32.1 Å². The molecule has 1 aliphatic heterocycles. The number of hydrogen-bond donors (Lipinski definition) is 1. The van der Waals surface area contributed by atoms with E-state index in [1.165, 1.54) is 0 Å². The van der Waals surface area contributed by atoms with Crippen LogP contribution in [0.15, 0.2) is 0 Å². The number of likely N-dealkylation sites (N-methyl/N-ethyl adjacent to an activating group) is 2. The van der Waals surface area contributed by atoms with Crippen molar-refractivity contribution in [3.05, 3.63) is 0 Å². The van der Waals surface area contributed by atoms with Gasteiger partial charge in [0.25, 0.3) is 0 Å². The molecular weight excluding hydrogens is 230 g/mol. The van der Waals surface area contributed by atoms with Crippen LogP contribution >= 0.6 is 0 Å². The van der Waals surface area contributed by atoms with Gasteiger partial charge in [-0.25, -0.2) is 0 Å². The van der Waals surface area contributed by atoms with E-state index < -0.39 is 0 Å². The van der Waals surface area contributed by atoms with Gasteiger partial charge in [-0.1, -0.05) is 12.8 Å². The van der Waals surface area contributed by atoms with E-state index >= 15 is 0 Å². The number of nitrogens with zero attached hydrogens (tertiary/aromatic N) is 2. The molecule has 1 saturated heterocycles. The van der Waals surface area contributed by atoms with Gasteiger partial charge >= 0.3 is 0 Å². The minimum Gasteiger partial charge on any atom is -0.343 e. The number of rotatable bonds is 5. The van der Waals surface area contributed by atoms with Crippen LogP contribution in [-0.2, 0) is 9.59 Å². The number of carbonyl (C=O) groups excluding carboxylic acids is 2. The average Bonchev–Trinajstić information content (AvgIpc) is 2.35. The summed E-state index contributed by atoms with van der Waals surface area (Å²) in [6.07, 6.45) is 4.86. The van der Waals surface area contributed by atoms with Gasteiger partial charge in [0.05, 0.1) is 6.54 Å². The fourth-order valence-electron chi connectivity index (χ4n) is 2.07. The zero-order valence-corrected chi connectivity index (χ0v) is 11.6. The first-order valence-corrected chi connectivity index (χ1v) is 6.81. The van der Waals surface area contributed by atoms with Gasteiger partial charge in [-0.3, -0.25) is 9.59 Å². The van der Waals surface area contributed by atoms with Crippen molar-refractivity contribution < 1.29 is 9.59 Å². The molecule has 1 N–H and O–H groups in total. The first-order valence-electron chi connectivity index (χ1n) is 6.81. The van der Waals surface area contributed by atoms with Gasteiger partial charge in [-0.2, -0.15) is 0 Å². The highest BCUT2D eigenvalue weighted by atomic mass is 16.2. The Morgan fingerprint density at radius 2 is 2.06 bits per heavy atom. The van der Waals surface area contributed by atoms with Crippen LogP contribution < -0.4 is 5.32 Å². The van der Waals surface area contributed by atoms with E-state index in [2.05, 4.69) is 5.32 Å². The maximum Gasteiger partial charge on any atom is 0.241 e. The SMILES string of the molecule is CNCCN(C)C(=O)CN1CCCCCCC1=O. The highest BCUT2D eigenvalue weighted by molar-refractivity contribution is 5.84. The molecule has 0 saturated carbocycles. The highest BCUT2D eigenvalue weighted by Gasteiger charge is 2.19. The van der Waals surface area contributed by atoms with Gasteiger partial charge in [0, 0.05) is 33.1 Å². The first kappa shape index (κ1) is 15.0. The molecule has 5 nitrogen and oxygen atoms in total. The van der Waals surface area contributed by atoms with Crippen LogP contribution in [0.2, 0.25) is 0 Å². The number of hydrogen-bond acceptors (Lipinski definition) is 3. The molecule has 0 bridgehead atoms. The molecular formula is C13H25N3O2. The fourth-order valence-corrected chi connectivity index (χ4v) is 2.07. The molecule has 0 atom stereocenters. The molecule has 1 aliphatic rings. The second-order valence-electron chi connectivity index (χ2n) is 4.90. The largest absolute Gasteiger partial charge is 0.343 e. The van der Waals surface area contributed by atoms with Crippen LogP contribution in [0.5, 0.6) is 0 Å². The molecule has 0 aliphatic carbocycles. The lowest BCUT2D eigenvalue weighted by molar-refractivity contribution is -0.140. The molecule has 0 radical (unpaired) electrons. The Balaban J connectivity index is 2.42. The van der Waals surface area contributed by atoms with Crippen LogP contribution in [0.4, 0.5) is 0 Å². The van der Waals surface area contributed by atoms with Crippen LogP contribution in [0.3, 0.4) is 0 Å². The first-order chi connectivity index (χ1) is 8.65. The van der Waals surface area contributed by atoms with E-state index in [1.807, 2.05) is 7.05 Å². The second-order valence-corrected chi connectivity index (χ2v) is 4.90. The molecule has 0 aromatic rings. The van der Waals surface area contributed by atoms with Crippen LogP contribution in [-0.4, -0.2) is 61.9 Å². The normalized spacial score (nSPS) is 17.2. The third-order valence-electron chi connectivity index (χ3n) is 3.37. The third kappa shape index (κ3) is 5.04. The van der Waals surface area contributed by atoms with Crippen molar-refractivity contribution in [2.45, 2.75) is 32.1 Å². The van der Waals surface area contributed by atoms with Crippen molar-refractivity contribution in [3.63, 3.8) is 0 Å². The van der Waals surface area contributed by atoms with E-state index in [4.69, 9.17) is 0 Å². The number of amides is 2. The van der Waals surface area contributed by atoms with Gasteiger partial charge < -0.3 is 15.1 Å². The summed E-state index contributed by atoms with van der Waals surface area (Å²) < 4.78 is 0. The zero-order valence-electron chi connectivity index (χ0n) is 11.6. The molecule has 1 fully saturated rings. The molecule has 1 rings (SSSR count). The third-order valence-corrected chi connectivity index (χ3v) is 3.37. The van der Waals surface area contributed by atoms with Gasteiger partial charge in [0.15, 0.2) is 0 Å². The maximum atomic E-state index is 12.0. The quantitative estimate of drug-likeness (QED) is 0.776. The Kier molecular flexibility index (Phi) is 6.72. The Morgan fingerprint density at radius 1 is 1.33 bits per heavy atom. The predicted octanol–water partition coefficient (Wildman–Crippen LogP) is 0.457. The van der Waals surface area contributed by atoms with Gasteiger partial charge in [0.1, 0.15) is 0 Å². The summed E-state index contributed by atoms with van der Waals surface area (Å²) in [4.78, 5) is 27.2. The lowest BCUT2D eigenvalue weighted by Gasteiger charge is -2.26.